The van der Waals surface area contributed by atoms with Crippen LogP contribution < -0.4 is 4.74 Å². The fourth-order valence-corrected chi connectivity index (χ4v) is 1.78. The number of ether oxygens (including phenoxy) is 1. The van der Waals surface area contributed by atoms with Crippen molar-refractivity contribution in [3.8, 4) is 5.75 Å². The molecule has 2 aromatic rings. The van der Waals surface area contributed by atoms with Gasteiger partial charge in [-0.3, -0.25) is 10.1 Å². The Labute approximate surface area is 123 Å². The molecule has 0 saturated heterocycles. The number of aromatic nitrogens is 1. The molecule has 0 bridgehead atoms. The van der Waals surface area contributed by atoms with Crippen LogP contribution in [0, 0.1) is 15.9 Å². The van der Waals surface area contributed by atoms with Gasteiger partial charge in [0, 0.05) is 12.1 Å². The zero-order valence-electron chi connectivity index (χ0n) is 9.85. The van der Waals surface area contributed by atoms with E-state index in [4.69, 9.17) is 27.9 Å². The number of halogens is 3. The lowest BCUT2D eigenvalue weighted by Gasteiger charge is -2.08. The number of hydrogen-bond acceptors (Lipinski definition) is 4. The molecule has 0 fully saturated rings. The van der Waals surface area contributed by atoms with Crippen molar-refractivity contribution < 1.29 is 14.1 Å². The monoisotopic (exact) mass is 316 g/mol. The predicted molar refractivity (Wildman–Crippen MR) is 71.6 cm³/mol. The molecule has 2 rings (SSSR count). The Kier molecular flexibility index (Phi) is 4.36. The molecule has 0 saturated carbocycles. The van der Waals surface area contributed by atoms with E-state index in [2.05, 4.69) is 4.98 Å². The topological polar surface area (TPSA) is 65.3 Å². The highest BCUT2D eigenvalue weighted by Gasteiger charge is 2.16. The van der Waals surface area contributed by atoms with Crippen LogP contribution in [0.2, 0.25) is 10.2 Å². The van der Waals surface area contributed by atoms with E-state index in [1.165, 1.54) is 12.1 Å². The van der Waals surface area contributed by atoms with E-state index >= 15 is 0 Å². The van der Waals surface area contributed by atoms with Crippen LogP contribution in [0.15, 0.2) is 30.3 Å². The first-order chi connectivity index (χ1) is 9.47. The smallest absolute Gasteiger partial charge is 0.311 e. The number of nitrogens with zero attached hydrogens (tertiary/aromatic N) is 2. The maximum Gasteiger partial charge on any atom is 0.311 e. The molecule has 0 aliphatic rings. The minimum Gasteiger partial charge on any atom is -0.480 e. The molecule has 20 heavy (non-hydrogen) atoms. The van der Waals surface area contributed by atoms with Crippen molar-refractivity contribution in [3.63, 3.8) is 0 Å². The van der Waals surface area contributed by atoms with E-state index in [9.17, 15) is 14.5 Å². The van der Waals surface area contributed by atoms with Gasteiger partial charge in [-0.1, -0.05) is 23.2 Å². The molecule has 0 aliphatic carbocycles. The van der Waals surface area contributed by atoms with Gasteiger partial charge in [0.05, 0.1) is 15.6 Å². The van der Waals surface area contributed by atoms with Crippen LogP contribution in [-0.2, 0) is 6.61 Å². The number of benzene rings is 1. The van der Waals surface area contributed by atoms with Gasteiger partial charge in [-0.2, -0.15) is 0 Å². The molecule has 0 N–H and O–H groups in total. The lowest BCUT2D eigenvalue weighted by Crippen LogP contribution is -2.02. The van der Waals surface area contributed by atoms with Crippen molar-refractivity contribution in [3.05, 3.63) is 62.1 Å². The summed E-state index contributed by atoms with van der Waals surface area (Å²) < 4.78 is 18.3. The molecule has 104 valence electrons. The molecule has 8 heteroatoms. The quantitative estimate of drug-likeness (QED) is 0.485. The maximum absolute atomic E-state index is 13.1. The molecule has 0 amide bonds. The molecule has 0 aliphatic heterocycles. The van der Waals surface area contributed by atoms with Crippen molar-refractivity contribution in [1.82, 2.24) is 4.98 Å². The average Bonchev–Trinajstić information content (AvgIpc) is 2.39. The summed E-state index contributed by atoms with van der Waals surface area (Å²) in [5.41, 5.74) is -0.0396. The van der Waals surface area contributed by atoms with E-state index in [0.29, 0.717) is 10.7 Å². The first-order valence-electron chi connectivity index (χ1n) is 5.35. The normalized spacial score (nSPS) is 10.3. The van der Waals surface area contributed by atoms with Crippen molar-refractivity contribution >= 4 is 28.9 Å². The van der Waals surface area contributed by atoms with Gasteiger partial charge in [-0.25, -0.2) is 9.37 Å². The third kappa shape index (κ3) is 3.34. The van der Waals surface area contributed by atoms with E-state index in [1.807, 2.05) is 0 Å². The van der Waals surface area contributed by atoms with Crippen LogP contribution in [0.5, 0.6) is 5.75 Å². The average molecular weight is 317 g/mol. The maximum atomic E-state index is 13.1. The van der Waals surface area contributed by atoms with E-state index in [0.717, 1.165) is 18.2 Å². The molecule has 0 spiro atoms. The molecular formula is C12H7Cl2FN2O3. The Morgan fingerprint density at radius 1 is 1.30 bits per heavy atom. The van der Waals surface area contributed by atoms with E-state index in [1.54, 1.807) is 0 Å². The zero-order chi connectivity index (χ0) is 14.7. The first-order valence-corrected chi connectivity index (χ1v) is 6.10. The number of nitro groups is 1. The Morgan fingerprint density at radius 2 is 2.05 bits per heavy atom. The highest BCUT2D eigenvalue weighted by Crippen LogP contribution is 2.29. The number of pyridine rings is 1. The second-order valence-corrected chi connectivity index (χ2v) is 4.51. The largest absolute Gasteiger partial charge is 0.480 e. The zero-order valence-corrected chi connectivity index (χ0v) is 11.4. The highest BCUT2D eigenvalue weighted by molar-refractivity contribution is 6.32. The summed E-state index contributed by atoms with van der Waals surface area (Å²) in [7, 11) is 0. The molecule has 0 unspecified atom stereocenters. The summed E-state index contributed by atoms with van der Waals surface area (Å²) in [4.78, 5) is 14.1. The predicted octanol–water partition coefficient (Wildman–Crippen LogP) is 4.01. The number of hydrogen-bond donors (Lipinski definition) is 0. The Morgan fingerprint density at radius 3 is 2.75 bits per heavy atom. The van der Waals surface area contributed by atoms with Crippen molar-refractivity contribution in [2.75, 3.05) is 0 Å². The summed E-state index contributed by atoms with van der Waals surface area (Å²) in [6, 6.07) is 5.96. The number of rotatable bonds is 4. The molecule has 1 aromatic carbocycles. The van der Waals surface area contributed by atoms with Gasteiger partial charge >= 0.3 is 5.69 Å². The lowest BCUT2D eigenvalue weighted by molar-refractivity contribution is -0.386. The van der Waals surface area contributed by atoms with Crippen LogP contribution in [0.1, 0.15) is 5.69 Å². The second kappa shape index (κ2) is 6.02. The fraction of sp³-hybridized carbons (Fsp3) is 0.0833. The fourth-order valence-electron chi connectivity index (χ4n) is 1.46. The van der Waals surface area contributed by atoms with E-state index < -0.39 is 10.7 Å². The summed E-state index contributed by atoms with van der Waals surface area (Å²) in [6.45, 7) is -0.163. The Balaban J connectivity index is 2.24. The third-order valence-electron chi connectivity index (χ3n) is 2.37. The minimum atomic E-state index is -0.665. The molecule has 0 atom stereocenters. The first kappa shape index (κ1) is 14.5. The SMILES string of the molecule is O=[N+]([O-])c1ccc(F)cc1OCc1nc(Cl)ccc1Cl. The van der Waals surface area contributed by atoms with Gasteiger partial charge in [0.1, 0.15) is 17.6 Å². The van der Waals surface area contributed by atoms with Crippen molar-refractivity contribution in [2.24, 2.45) is 0 Å². The Hall–Kier alpha value is -1.92. The van der Waals surface area contributed by atoms with Crippen molar-refractivity contribution in [1.29, 1.82) is 0 Å². The molecule has 1 heterocycles. The highest BCUT2D eigenvalue weighted by atomic mass is 35.5. The van der Waals surface area contributed by atoms with Gasteiger partial charge in [0.15, 0.2) is 5.75 Å². The molecule has 5 nitrogen and oxygen atoms in total. The van der Waals surface area contributed by atoms with Gasteiger partial charge in [0.25, 0.3) is 0 Å². The summed E-state index contributed by atoms with van der Waals surface area (Å²) in [6.07, 6.45) is 0. The summed E-state index contributed by atoms with van der Waals surface area (Å²) in [5, 5.41) is 11.3. The Bertz CT molecular complexity index is 667. The summed E-state index contributed by atoms with van der Waals surface area (Å²) >= 11 is 11.6. The lowest BCUT2D eigenvalue weighted by atomic mass is 10.3. The second-order valence-electron chi connectivity index (χ2n) is 3.72. The van der Waals surface area contributed by atoms with Crippen LogP contribution in [0.3, 0.4) is 0 Å². The van der Waals surface area contributed by atoms with Gasteiger partial charge in [0.2, 0.25) is 0 Å². The van der Waals surface area contributed by atoms with Crippen molar-refractivity contribution in [2.45, 2.75) is 6.61 Å². The van der Waals surface area contributed by atoms with Gasteiger partial charge in [-0.05, 0) is 18.2 Å². The van der Waals surface area contributed by atoms with Crippen LogP contribution in [-0.4, -0.2) is 9.91 Å². The van der Waals surface area contributed by atoms with Crippen LogP contribution in [0.4, 0.5) is 10.1 Å². The molecular weight excluding hydrogens is 310 g/mol. The van der Waals surface area contributed by atoms with Crippen LogP contribution >= 0.6 is 23.2 Å². The molecule has 1 aromatic heterocycles. The van der Waals surface area contributed by atoms with Gasteiger partial charge < -0.3 is 4.74 Å². The third-order valence-corrected chi connectivity index (χ3v) is 2.92. The standard InChI is InChI=1S/C12H7Cl2FN2O3/c13-8-2-4-12(14)16-9(8)6-20-11-5-7(15)1-3-10(11)17(18)19/h1-5H,6H2. The van der Waals surface area contributed by atoms with Crippen LogP contribution in [0.25, 0.3) is 0 Å². The molecule has 0 radical (unpaired) electrons. The van der Waals surface area contributed by atoms with E-state index in [-0.39, 0.29) is 23.2 Å². The van der Waals surface area contributed by atoms with Gasteiger partial charge in [-0.15, -0.1) is 0 Å². The minimum absolute atomic E-state index is 0.163. The summed E-state index contributed by atoms with van der Waals surface area (Å²) in [5.74, 6) is -0.844. The number of nitro benzene ring substituents is 1.